The van der Waals surface area contributed by atoms with E-state index in [2.05, 4.69) is 6.07 Å². The fourth-order valence-electron chi connectivity index (χ4n) is 2.78. The molecule has 108 valence electrons. The summed E-state index contributed by atoms with van der Waals surface area (Å²) in [5.74, 6) is 0. The van der Waals surface area contributed by atoms with Gasteiger partial charge in [0.15, 0.2) is 0 Å². The highest BCUT2D eigenvalue weighted by Gasteiger charge is 2.36. The fourth-order valence-corrected chi connectivity index (χ4v) is 2.78. The average Bonchev–Trinajstić information content (AvgIpc) is 2.60. The van der Waals surface area contributed by atoms with Crippen LogP contribution in [0.25, 0.3) is 10.8 Å². The quantitative estimate of drug-likeness (QED) is 0.778. The summed E-state index contributed by atoms with van der Waals surface area (Å²) in [6.07, 6.45) is -0.885. The van der Waals surface area contributed by atoms with Crippen LogP contribution in [0.3, 0.4) is 0 Å². The molecule has 2 nitrogen and oxygen atoms in total. The van der Waals surface area contributed by atoms with Crippen molar-refractivity contribution in [2.45, 2.75) is 18.4 Å². The summed E-state index contributed by atoms with van der Waals surface area (Å²) in [6, 6.07) is 25.6. The SMILES string of the molecule is C[C@@](C#N)(c1ccccc1)[C@H](O)c1ccc2ccccc2c1. The van der Waals surface area contributed by atoms with E-state index < -0.39 is 11.5 Å². The molecule has 0 unspecified atom stereocenters. The summed E-state index contributed by atoms with van der Waals surface area (Å²) in [5, 5.41) is 22.7. The Balaban J connectivity index is 2.07. The molecule has 0 fully saturated rings. The highest BCUT2D eigenvalue weighted by Crippen LogP contribution is 2.37. The van der Waals surface area contributed by atoms with Crippen LogP contribution in [0.2, 0.25) is 0 Å². The van der Waals surface area contributed by atoms with Crippen LogP contribution in [0.5, 0.6) is 0 Å². The Morgan fingerprint density at radius 2 is 1.55 bits per heavy atom. The summed E-state index contributed by atoms with van der Waals surface area (Å²) >= 11 is 0. The highest BCUT2D eigenvalue weighted by molar-refractivity contribution is 5.83. The van der Waals surface area contributed by atoms with E-state index in [0.717, 1.165) is 21.9 Å². The Hall–Kier alpha value is -2.63. The molecule has 22 heavy (non-hydrogen) atoms. The molecule has 0 amide bonds. The van der Waals surface area contributed by atoms with Crippen LogP contribution in [0.1, 0.15) is 24.2 Å². The van der Waals surface area contributed by atoms with Crippen LogP contribution in [0.15, 0.2) is 72.8 Å². The van der Waals surface area contributed by atoms with Gasteiger partial charge in [-0.3, -0.25) is 0 Å². The summed E-state index contributed by atoms with van der Waals surface area (Å²) in [4.78, 5) is 0. The molecule has 3 aromatic carbocycles. The molecule has 0 heterocycles. The molecule has 0 aliphatic heterocycles. The zero-order valence-corrected chi connectivity index (χ0v) is 12.4. The lowest BCUT2D eigenvalue weighted by molar-refractivity contribution is 0.120. The second-order valence-corrected chi connectivity index (χ2v) is 5.69. The van der Waals surface area contributed by atoms with Crippen molar-refractivity contribution in [3.05, 3.63) is 83.9 Å². The van der Waals surface area contributed by atoms with E-state index in [1.54, 1.807) is 6.92 Å². The molecule has 3 aromatic rings. The Morgan fingerprint density at radius 3 is 2.23 bits per heavy atom. The number of nitrogens with zero attached hydrogens (tertiary/aromatic N) is 1. The number of benzene rings is 3. The van der Waals surface area contributed by atoms with E-state index >= 15 is 0 Å². The maximum absolute atomic E-state index is 10.8. The maximum atomic E-state index is 10.8. The Bertz CT molecular complexity index is 835. The van der Waals surface area contributed by atoms with E-state index in [4.69, 9.17) is 0 Å². The van der Waals surface area contributed by atoms with Crippen molar-refractivity contribution >= 4 is 10.8 Å². The van der Waals surface area contributed by atoms with E-state index in [1.165, 1.54) is 0 Å². The third-order valence-corrected chi connectivity index (χ3v) is 4.24. The summed E-state index contributed by atoms with van der Waals surface area (Å²) in [7, 11) is 0. The van der Waals surface area contributed by atoms with Crippen LogP contribution in [0, 0.1) is 11.3 Å². The van der Waals surface area contributed by atoms with Crippen LogP contribution in [-0.2, 0) is 5.41 Å². The van der Waals surface area contributed by atoms with Gasteiger partial charge in [0.1, 0.15) is 11.5 Å². The van der Waals surface area contributed by atoms with Crippen molar-refractivity contribution in [2.75, 3.05) is 0 Å². The van der Waals surface area contributed by atoms with Crippen LogP contribution < -0.4 is 0 Å². The molecule has 0 aliphatic carbocycles. The first kappa shape index (κ1) is 14.3. The predicted octanol–water partition coefficient (Wildman–Crippen LogP) is 4.35. The lowest BCUT2D eigenvalue weighted by Gasteiger charge is -2.28. The number of hydrogen-bond acceptors (Lipinski definition) is 2. The molecule has 0 bridgehead atoms. The number of hydrogen-bond donors (Lipinski definition) is 1. The monoisotopic (exact) mass is 287 g/mol. The fraction of sp³-hybridized carbons (Fsp3) is 0.150. The smallest absolute Gasteiger partial charge is 0.109 e. The zero-order valence-electron chi connectivity index (χ0n) is 12.4. The van der Waals surface area contributed by atoms with Crippen molar-refractivity contribution in [3.63, 3.8) is 0 Å². The van der Waals surface area contributed by atoms with Crippen molar-refractivity contribution in [1.29, 1.82) is 5.26 Å². The molecule has 0 aromatic heterocycles. The minimum absolute atomic E-state index is 0.756. The third-order valence-electron chi connectivity index (χ3n) is 4.24. The average molecular weight is 287 g/mol. The van der Waals surface area contributed by atoms with Gasteiger partial charge in [0.25, 0.3) is 0 Å². The second kappa shape index (κ2) is 5.63. The van der Waals surface area contributed by atoms with E-state index in [0.29, 0.717) is 0 Å². The molecule has 0 radical (unpaired) electrons. The summed E-state index contributed by atoms with van der Waals surface area (Å²) in [6.45, 7) is 1.78. The maximum Gasteiger partial charge on any atom is 0.109 e. The van der Waals surface area contributed by atoms with Gasteiger partial charge in [-0.1, -0.05) is 66.7 Å². The molecule has 0 aliphatic rings. The second-order valence-electron chi connectivity index (χ2n) is 5.69. The molecule has 2 atom stereocenters. The molecular weight excluding hydrogens is 270 g/mol. The summed E-state index contributed by atoms with van der Waals surface area (Å²) < 4.78 is 0. The van der Waals surface area contributed by atoms with Gasteiger partial charge in [0, 0.05) is 0 Å². The topological polar surface area (TPSA) is 44.0 Å². The largest absolute Gasteiger partial charge is 0.386 e. The number of fused-ring (bicyclic) bond motifs is 1. The molecule has 0 saturated heterocycles. The van der Waals surface area contributed by atoms with Crippen LogP contribution in [-0.4, -0.2) is 5.11 Å². The first-order chi connectivity index (χ1) is 10.6. The predicted molar refractivity (Wildman–Crippen MR) is 88.3 cm³/mol. The number of rotatable bonds is 3. The normalized spacial score (nSPS) is 15.0. The lowest BCUT2D eigenvalue weighted by atomic mass is 9.76. The first-order valence-electron chi connectivity index (χ1n) is 7.29. The van der Waals surface area contributed by atoms with Crippen molar-refractivity contribution in [1.82, 2.24) is 0 Å². The van der Waals surface area contributed by atoms with E-state index in [9.17, 15) is 10.4 Å². The Morgan fingerprint density at radius 1 is 0.909 bits per heavy atom. The lowest BCUT2D eigenvalue weighted by Crippen LogP contribution is -2.28. The molecule has 0 saturated carbocycles. The molecule has 2 heteroatoms. The molecule has 0 spiro atoms. The van der Waals surface area contributed by atoms with Crippen molar-refractivity contribution < 1.29 is 5.11 Å². The number of nitriles is 1. The van der Waals surface area contributed by atoms with Gasteiger partial charge in [-0.25, -0.2) is 0 Å². The number of aliphatic hydroxyl groups excluding tert-OH is 1. The van der Waals surface area contributed by atoms with Crippen LogP contribution in [0.4, 0.5) is 0 Å². The minimum Gasteiger partial charge on any atom is -0.386 e. The van der Waals surface area contributed by atoms with Gasteiger partial charge in [-0.15, -0.1) is 0 Å². The van der Waals surface area contributed by atoms with Crippen LogP contribution >= 0.6 is 0 Å². The van der Waals surface area contributed by atoms with Gasteiger partial charge < -0.3 is 5.11 Å². The van der Waals surface area contributed by atoms with Gasteiger partial charge >= 0.3 is 0 Å². The van der Waals surface area contributed by atoms with E-state index in [1.807, 2.05) is 72.8 Å². The standard InChI is InChI=1S/C20H17NO/c1-20(14-21,18-9-3-2-4-10-18)19(22)17-12-11-15-7-5-6-8-16(15)13-17/h2-13,19,22H,1H3/t19-,20-/m1/s1. The van der Waals surface area contributed by atoms with E-state index in [-0.39, 0.29) is 0 Å². The zero-order chi connectivity index (χ0) is 15.6. The summed E-state index contributed by atoms with van der Waals surface area (Å²) in [5.41, 5.74) is 0.591. The third kappa shape index (κ3) is 2.36. The Labute approximate surface area is 130 Å². The van der Waals surface area contributed by atoms with Crippen molar-refractivity contribution in [2.24, 2.45) is 0 Å². The highest BCUT2D eigenvalue weighted by atomic mass is 16.3. The van der Waals surface area contributed by atoms with Gasteiger partial charge in [-0.05, 0) is 34.9 Å². The molecule has 1 N–H and O–H groups in total. The molecular formula is C20H17NO. The van der Waals surface area contributed by atoms with Gasteiger partial charge in [-0.2, -0.15) is 5.26 Å². The van der Waals surface area contributed by atoms with Gasteiger partial charge in [0.2, 0.25) is 0 Å². The van der Waals surface area contributed by atoms with Gasteiger partial charge in [0.05, 0.1) is 6.07 Å². The first-order valence-corrected chi connectivity index (χ1v) is 7.29. The van der Waals surface area contributed by atoms with Crippen molar-refractivity contribution in [3.8, 4) is 6.07 Å². The Kier molecular flexibility index (Phi) is 3.66. The number of aliphatic hydroxyl groups is 1. The molecule has 3 rings (SSSR count). The minimum atomic E-state index is -0.982.